The van der Waals surface area contributed by atoms with Crippen LogP contribution in [0.1, 0.15) is 0 Å². The van der Waals surface area contributed by atoms with Gasteiger partial charge in [-0.1, -0.05) is 34.5 Å². The number of aromatic nitrogens is 3. The number of nitrogens with zero attached hydrogens (tertiary/aromatic N) is 4. The monoisotopic (exact) mass is 381 g/mol. The third-order valence-electron chi connectivity index (χ3n) is 3.83. The van der Waals surface area contributed by atoms with Gasteiger partial charge in [-0.2, -0.15) is 9.61 Å². The Labute approximate surface area is 151 Å². The molecule has 0 bridgehead atoms. The van der Waals surface area contributed by atoms with Gasteiger partial charge >= 0.3 is 0 Å². The minimum absolute atomic E-state index is 0.193. The highest BCUT2D eigenvalue weighted by Gasteiger charge is 2.17. The average molecular weight is 382 g/mol. The van der Waals surface area contributed by atoms with Gasteiger partial charge in [-0.15, -0.1) is 0 Å². The van der Waals surface area contributed by atoms with Crippen molar-refractivity contribution in [3.63, 3.8) is 0 Å². The summed E-state index contributed by atoms with van der Waals surface area (Å²) < 4.78 is 1.32. The van der Waals surface area contributed by atoms with Gasteiger partial charge in [0.05, 0.1) is 5.02 Å². The highest BCUT2D eigenvalue weighted by molar-refractivity contribution is 7.19. The van der Waals surface area contributed by atoms with E-state index in [1.165, 1.54) is 21.9 Å². The molecule has 3 aromatic rings. The van der Waals surface area contributed by atoms with E-state index in [0.29, 0.717) is 25.8 Å². The standard InChI is InChI=1S/C15H13Cl2N5OS/c16-9-1-2-10(11(17)7-9)14-20-22-13(23)8-12(19-15(22)24-14)21-5-3-18-4-6-21/h1-2,7-8,18H,3-6H2. The van der Waals surface area contributed by atoms with Crippen LogP contribution < -0.4 is 15.8 Å². The van der Waals surface area contributed by atoms with Crippen LogP contribution in [0.15, 0.2) is 29.1 Å². The van der Waals surface area contributed by atoms with Crippen molar-refractivity contribution in [2.75, 3.05) is 31.1 Å². The molecule has 1 aliphatic rings. The molecule has 0 spiro atoms. The van der Waals surface area contributed by atoms with Gasteiger partial charge < -0.3 is 10.2 Å². The first-order valence-electron chi connectivity index (χ1n) is 7.44. The van der Waals surface area contributed by atoms with Gasteiger partial charge in [-0.25, -0.2) is 4.98 Å². The Morgan fingerprint density at radius 2 is 1.96 bits per heavy atom. The Kier molecular flexibility index (Phi) is 4.17. The number of nitrogens with one attached hydrogen (secondary N) is 1. The lowest BCUT2D eigenvalue weighted by molar-refractivity contribution is 0.584. The Morgan fingerprint density at radius 1 is 1.17 bits per heavy atom. The lowest BCUT2D eigenvalue weighted by Gasteiger charge is -2.27. The largest absolute Gasteiger partial charge is 0.354 e. The van der Waals surface area contributed by atoms with Crippen molar-refractivity contribution in [3.8, 4) is 10.6 Å². The van der Waals surface area contributed by atoms with Crippen LogP contribution in [0.4, 0.5) is 5.82 Å². The molecule has 0 aliphatic carbocycles. The summed E-state index contributed by atoms with van der Waals surface area (Å²) in [5, 5.41) is 9.34. The molecule has 1 N–H and O–H groups in total. The predicted octanol–water partition coefficient (Wildman–Crippen LogP) is 2.53. The second kappa shape index (κ2) is 6.33. The maximum atomic E-state index is 12.4. The van der Waals surface area contributed by atoms with Crippen molar-refractivity contribution in [1.29, 1.82) is 0 Å². The van der Waals surface area contributed by atoms with Crippen molar-refractivity contribution in [3.05, 3.63) is 44.7 Å². The summed E-state index contributed by atoms with van der Waals surface area (Å²) in [5.41, 5.74) is 0.542. The number of benzene rings is 1. The zero-order valence-electron chi connectivity index (χ0n) is 12.5. The van der Waals surface area contributed by atoms with Crippen LogP contribution >= 0.6 is 34.5 Å². The van der Waals surface area contributed by atoms with Gasteiger partial charge in [-0.3, -0.25) is 4.79 Å². The zero-order valence-corrected chi connectivity index (χ0v) is 14.8. The molecule has 9 heteroatoms. The number of hydrogen-bond donors (Lipinski definition) is 1. The SMILES string of the molecule is O=c1cc(N2CCNCC2)nc2sc(-c3ccc(Cl)cc3Cl)nn12. The van der Waals surface area contributed by atoms with E-state index in [0.717, 1.165) is 31.7 Å². The second-order valence-corrected chi connectivity index (χ2v) is 7.21. The fourth-order valence-corrected chi connectivity index (χ4v) is 4.12. The number of hydrogen-bond acceptors (Lipinski definition) is 6. The summed E-state index contributed by atoms with van der Waals surface area (Å²) in [4.78, 5) is 19.7. The zero-order chi connectivity index (χ0) is 16.7. The summed E-state index contributed by atoms with van der Waals surface area (Å²) >= 11 is 13.5. The molecular weight excluding hydrogens is 369 g/mol. The normalized spacial score (nSPS) is 15.2. The third kappa shape index (κ3) is 2.88. The van der Waals surface area contributed by atoms with Crippen molar-refractivity contribution in [2.45, 2.75) is 0 Å². The third-order valence-corrected chi connectivity index (χ3v) is 5.32. The molecule has 0 atom stereocenters. The summed E-state index contributed by atoms with van der Waals surface area (Å²) in [5.74, 6) is 0.693. The van der Waals surface area contributed by atoms with Crippen molar-refractivity contribution >= 4 is 45.3 Å². The van der Waals surface area contributed by atoms with E-state index >= 15 is 0 Å². The highest BCUT2D eigenvalue weighted by atomic mass is 35.5. The van der Waals surface area contributed by atoms with Crippen LogP contribution in [-0.4, -0.2) is 40.8 Å². The second-order valence-electron chi connectivity index (χ2n) is 5.42. The Balaban J connectivity index is 1.80. The average Bonchev–Trinajstić information content (AvgIpc) is 3.00. The molecule has 6 nitrogen and oxygen atoms in total. The Morgan fingerprint density at radius 3 is 2.71 bits per heavy atom. The maximum absolute atomic E-state index is 12.4. The van der Waals surface area contributed by atoms with E-state index in [9.17, 15) is 4.79 Å². The van der Waals surface area contributed by atoms with Gasteiger partial charge in [0.15, 0.2) is 0 Å². The van der Waals surface area contributed by atoms with E-state index < -0.39 is 0 Å². The first-order valence-corrected chi connectivity index (χ1v) is 9.01. The topological polar surface area (TPSA) is 62.5 Å². The fraction of sp³-hybridized carbons (Fsp3) is 0.267. The van der Waals surface area contributed by atoms with Crippen LogP contribution in [0.2, 0.25) is 10.0 Å². The van der Waals surface area contributed by atoms with Crippen molar-refractivity contribution in [1.82, 2.24) is 19.9 Å². The van der Waals surface area contributed by atoms with E-state index in [1.807, 2.05) is 0 Å². The summed E-state index contributed by atoms with van der Waals surface area (Å²) in [6.45, 7) is 3.43. The van der Waals surface area contributed by atoms with Crippen LogP contribution in [0, 0.1) is 0 Å². The molecule has 3 heterocycles. The first kappa shape index (κ1) is 15.8. The van der Waals surface area contributed by atoms with E-state index in [1.54, 1.807) is 18.2 Å². The molecule has 0 saturated carbocycles. The Bertz CT molecular complexity index is 964. The predicted molar refractivity (Wildman–Crippen MR) is 97.7 cm³/mol. The maximum Gasteiger partial charge on any atom is 0.277 e. The van der Waals surface area contributed by atoms with Gasteiger partial charge in [0.25, 0.3) is 5.56 Å². The summed E-state index contributed by atoms with van der Waals surface area (Å²) in [6.07, 6.45) is 0. The molecule has 1 aromatic carbocycles. The molecule has 1 saturated heterocycles. The molecule has 124 valence electrons. The van der Waals surface area contributed by atoms with Gasteiger partial charge in [0, 0.05) is 42.8 Å². The van der Waals surface area contributed by atoms with Crippen LogP contribution in [0.25, 0.3) is 15.5 Å². The first-order chi connectivity index (χ1) is 11.6. The molecule has 1 aliphatic heterocycles. The van der Waals surface area contributed by atoms with Gasteiger partial charge in [-0.05, 0) is 18.2 Å². The molecule has 0 radical (unpaired) electrons. The Hall–Kier alpha value is -1.67. The number of fused-ring (bicyclic) bond motifs is 1. The quantitative estimate of drug-likeness (QED) is 0.738. The molecule has 0 amide bonds. The van der Waals surface area contributed by atoms with Crippen LogP contribution in [-0.2, 0) is 0 Å². The molecule has 4 rings (SSSR count). The van der Waals surface area contributed by atoms with E-state index in [-0.39, 0.29) is 5.56 Å². The smallest absolute Gasteiger partial charge is 0.277 e. The number of halogens is 2. The fourth-order valence-electron chi connectivity index (χ4n) is 2.63. The van der Waals surface area contributed by atoms with Crippen LogP contribution in [0.3, 0.4) is 0 Å². The van der Waals surface area contributed by atoms with E-state index in [2.05, 4.69) is 20.3 Å². The molecule has 1 fully saturated rings. The summed E-state index contributed by atoms with van der Waals surface area (Å²) in [7, 11) is 0. The lowest BCUT2D eigenvalue weighted by Crippen LogP contribution is -2.44. The minimum Gasteiger partial charge on any atom is -0.354 e. The lowest BCUT2D eigenvalue weighted by atomic mass is 10.2. The minimum atomic E-state index is -0.193. The van der Waals surface area contributed by atoms with Gasteiger partial charge in [0.1, 0.15) is 10.8 Å². The molecular formula is C15H13Cl2N5OS. The van der Waals surface area contributed by atoms with Gasteiger partial charge in [0.2, 0.25) is 4.96 Å². The summed E-state index contributed by atoms with van der Waals surface area (Å²) in [6, 6.07) is 6.74. The van der Waals surface area contributed by atoms with Crippen LogP contribution in [0.5, 0.6) is 0 Å². The number of piperazine rings is 1. The highest BCUT2D eigenvalue weighted by Crippen LogP contribution is 2.32. The molecule has 24 heavy (non-hydrogen) atoms. The number of anilines is 1. The molecule has 2 aromatic heterocycles. The van der Waals surface area contributed by atoms with Crippen molar-refractivity contribution in [2.24, 2.45) is 0 Å². The number of rotatable bonds is 2. The molecule has 0 unspecified atom stereocenters. The van der Waals surface area contributed by atoms with E-state index in [4.69, 9.17) is 23.2 Å². The van der Waals surface area contributed by atoms with Crippen molar-refractivity contribution < 1.29 is 0 Å².